The molecule has 2 aromatic carbocycles. The number of halogens is 2. The number of anilines is 2. The number of nitrogen functional groups attached to an aromatic ring is 1. The van der Waals surface area contributed by atoms with Crippen LogP contribution in [0, 0.1) is 5.82 Å². The van der Waals surface area contributed by atoms with Gasteiger partial charge in [-0.05, 0) is 37.4 Å². The lowest BCUT2D eigenvalue weighted by Crippen LogP contribution is -2.45. The van der Waals surface area contributed by atoms with Crippen molar-refractivity contribution in [3.8, 4) is 16.9 Å². The van der Waals surface area contributed by atoms with Gasteiger partial charge in [0.25, 0.3) is 0 Å². The second-order valence-corrected chi connectivity index (χ2v) is 8.08. The van der Waals surface area contributed by atoms with Crippen LogP contribution in [0.1, 0.15) is 0 Å². The Hall–Kier alpha value is -3.23. The first-order chi connectivity index (χ1) is 15.0. The third-order valence-corrected chi connectivity index (χ3v) is 5.77. The highest BCUT2D eigenvalue weighted by Crippen LogP contribution is 2.34. The average Bonchev–Trinajstić information content (AvgIpc) is 3.11. The highest BCUT2D eigenvalue weighted by Gasteiger charge is 2.23. The normalized spacial score (nSPS) is 15.0. The van der Waals surface area contributed by atoms with Crippen molar-refractivity contribution in [1.82, 2.24) is 24.6 Å². The van der Waals surface area contributed by atoms with E-state index in [9.17, 15) is 4.39 Å². The molecular formula is C22H21ClFN7. The zero-order valence-electron chi connectivity index (χ0n) is 17.0. The Bertz CT molecular complexity index is 1250. The number of nitrogens with two attached hydrogens (primary N) is 1. The first-order valence-corrected chi connectivity index (χ1v) is 10.4. The summed E-state index contributed by atoms with van der Waals surface area (Å²) in [6.07, 6.45) is 0. The summed E-state index contributed by atoms with van der Waals surface area (Å²) in [4.78, 5) is 14.0. The van der Waals surface area contributed by atoms with Crippen LogP contribution in [0.15, 0.2) is 48.5 Å². The maximum atomic E-state index is 13.8. The van der Waals surface area contributed by atoms with E-state index in [0.717, 1.165) is 31.7 Å². The van der Waals surface area contributed by atoms with Crippen molar-refractivity contribution in [1.29, 1.82) is 0 Å². The first kappa shape index (κ1) is 19.7. The lowest BCUT2D eigenvalue weighted by molar-refractivity contribution is 0.311. The SMILES string of the molecule is CN1CCN(c2nc(-c3ccc(Cl)cc3)c3c(N)n(-c4cccc(F)c4)nc3n2)CC1. The number of fused-ring (bicyclic) bond motifs is 1. The van der Waals surface area contributed by atoms with E-state index in [0.29, 0.717) is 39.2 Å². The van der Waals surface area contributed by atoms with Crippen molar-refractivity contribution >= 4 is 34.4 Å². The van der Waals surface area contributed by atoms with E-state index >= 15 is 0 Å². The van der Waals surface area contributed by atoms with Crippen molar-refractivity contribution in [2.45, 2.75) is 0 Å². The van der Waals surface area contributed by atoms with E-state index in [2.05, 4.69) is 21.9 Å². The van der Waals surface area contributed by atoms with Gasteiger partial charge < -0.3 is 15.5 Å². The molecule has 0 unspecified atom stereocenters. The molecule has 2 N–H and O–H groups in total. The molecule has 1 fully saturated rings. The minimum absolute atomic E-state index is 0.357. The summed E-state index contributed by atoms with van der Waals surface area (Å²) in [6.45, 7) is 3.50. The summed E-state index contributed by atoms with van der Waals surface area (Å²) in [5.41, 5.74) is 9.02. The molecule has 158 valence electrons. The smallest absolute Gasteiger partial charge is 0.228 e. The Balaban J connectivity index is 1.71. The second-order valence-electron chi connectivity index (χ2n) is 7.64. The van der Waals surface area contributed by atoms with Crippen LogP contribution >= 0.6 is 11.6 Å². The minimum Gasteiger partial charge on any atom is -0.383 e. The van der Waals surface area contributed by atoms with Crippen LogP contribution in [-0.2, 0) is 0 Å². The van der Waals surface area contributed by atoms with Crippen molar-refractivity contribution in [3.05, 3.63) is 59.4 Å². The van der Waals surface area contributed by atoms with E-state index in [1.54, 1.807) is 12.1 Å². The Morgan fingerprint density at radius 3 is 2.45 bits per heavy atom. The number of aromatic nitrogens is 4. The standard InChI is InChI=1S/C22H21ClFN7/c1-29-9-11-30(12-10-29)22-26-19(14-5-7-15(23)8-6-14)18-20(25)31(28-21(18)27-22)17-4-2-3-16(24)13-17/h2-8,13H,9-12,25H2,1H3. The third kappa shape index (κ3) is 3.68. The number of benzene rings is 2. The summed E-state index contributed by atoms with van der Waals surface area (Å²) >= 11 is 6.09. The van der Waals surface area contributed by atoms with E-state index in [4.69, 9.17) is 27.3 Å². The van der Waals surface area contributed by atoms with Crippen molar-refractivity contribution in [2.75, 3.05) is 43.9 Å². The van der Waals surface area contributed by atoms with Crippen LogP contribution in [0.25, 0.3) is 28.0 Å². The molecule has 1 aliphatic rings. The number of likely N-dealkylation sites (N-methyl/N-ethyl adjacent to an activating group) is 1. The Morgan fingerprint density at radius 1 is 1.00 bits per heavy atom. The molecule has 4 aromatic rings. The topological polar surface area (TPSA) is 76.1 Å². The van der Waals surface area contributed by atoms with Gasteiger partial charge in [-0.25, -0.2) is 14.1 Å². The van der Waals surface area contributed by atoms with Gasteiger partial charge in [0.2, 0.25) is 5.95 Å². The van der Waals surface area contributed by atoms with Crippen LogP contribution < -0.4 is 10.6 Å². The number of rotatable bonds is 3. The fraction of sp³-hybridized carbons (Fsp3) is 0.227. The van der Waals surface area contributed by atoms with Gasteiger partial charge in [-0.2, -0.15) is 4.98 Å². The quantitative estimate of drug-likeness (QED) is 0.527. The number of hydrogen-bond acceptors (Lipinski definition) is 6. The number of piperazine rings is 1. The van der Waals surface area contributed by atoms with Gasteiger partial charge in [0, 0.05) is 36.8 Å². The molecule has 9 heteroatoms. The minimum atomic E-state index is -0.362. The molecule has 1 saturated heterocycles. The predicted octanol–water partition coefficient (Wildman–Crippen LogP) is 3.61. The van der Waals surface area contributed by atoms with Crippen molar-refractivity contribution in [3.63, 3.8) is 0 Å². The van der Waals surface area contributed by atoms with Crippen molar-refractivity contribution < 1.29 is 4.39 Å². The van der Waals surface area contributed by atoms with E-state index in [1.165, 1.54) is 16.8 Å². The van der Waals surface area contributed by atoms with Gasteiger partial charge in [0.1, 0.15) is 11.6 Å². The molecule has 0 bridgehead atoms. The van der Waals surface area contributed by atoms with Crippen molar-refractivity contribution in [2.24, 2.45) is 0 Å². The van der Waals surface area contributed by atoms with E-state index in [-0.39, 0.29) is 5.82 Å². The third-order valence-electron chi connectivity index (χ3n) is 5.51. The Morgan fingerprint density at radius 2 is 1.74 bits per heavy atom. The molecule has 3 heterocycles. The van der Waals surface area contributed by atoms with E-state index in [1.807, 2.05) is 24.3 Å². The maximum Gasteiger partial charge on any atom is 0.228 e. The molecule has 0 spiro atoms. The van der Waals surface area contributed by atoms with E-state index < -0.39 is 0 Å². The van der Waals surface area contributed by atoms with Gasteiger partial charge in [-0.1, -0.05) is 29.8 Å². The highest BCUT2D eigenvalue weighted by atomic mass is 35.5. The number of nitrogens with zero attached hydrogens (tertiary/aromatic N) is 6. The molecule has 0 saturated carbocycles. The zero-order chi connectivity index (χ0) is 21.5. The zero-order valence-corrected chi connectivity index (χ0v) is 17.7. The Labute approximate surface area is 183 Å². The molecule has 0 radical (unpaired) electrons. The fourth-order valence-corrected chi connectivity index (χ4v) is 3.90. The summed E-state index contributed by atoms with van der Waals surface area (Å²) in [5, 5.41) is 5.87. The Kier molecular flexibility index (Phi) is 4.95. The van der Waals surface area contributed by atoms with Gasteiger partial charge >= 0.3 is 0 Å². The maximum absolute atomic E-state index is 13.8. The van der Waals surface area contributed by atoms with Gasteiger partial charge in [0.15, 0.2) is 5.65 Å². The van der Waals surface area contributed by atoms with Gasteiger partial charge in [-0.15, -0.1) is 5.10 Å². The lowest BCUT2D eigenvalue weighted by Gasteiger charge is -2.32. The van der Waals surface area contributed by atoms with Crippen LogP contribution in [0.4, 0.5) is 16.2 Å². The van der Waals surface area contributed by atoms with Crippen LogP contribution in [0.3, 0.4) is 0 Å². The summed E-state index contributed by atoms with van der Waals surface area (Å²) < 4.78 is 15.3. The largest absolute Gasteiger partial charge is 0.383 e. The molecule has 1 aliphatic heterocycles. The van der Waals surface area contributed by atoms with Crippen LogP contribution in [0.5, 0.6) is 0 Å². The second kappa shape index (κ2) is 7.79. The molecule has 5 rings (SSSR count). The summed E-state index contributed by atoms with van der Waals surface area (Å²) in [6, 6.07) is 13.6. The number of hydrogen-bond donors (Lipinski definition) is 1. The highest BCUT2D eigenvalue weighted by molar-refractivity contribution is 6.30. The van der Waals surface area contributed by atoms with Gasteiger partial charge in [-0.3, -0.25) is 0 Å². The fourth-order valence-electron chi connectivity index (χ4n) is 3.77. The average molecular weight is 438 g/mol. The van der Waals surface area contributed by atoms with Crippen LogP contribution in [-0.4, -0.2) is 57.9 Å². The molecule has 7 nitrogen and oxygen atoms in total. The molecular weight excluding hydrogens is 417 g/mol. The molecule has 0 aliphatic carbocycles. The van der Waals surface area contributed by atoms with Crippen LogP contribution in [0.2, 0.25) is 5.02 Å². The molecule has 0 atom stereocenters. The summed E-state index contributed by atoms with van der Waals surface area (Å²) in [7, 11) is 2.10. The lowest BCUT2D eigenvalue weighted by atomic mass is 10.1. The first-order valence-electron chi connectivity index (χ1n) is 10.0. The molecule has 0 amide bonds. The monoisotopic (exact) mass is 437 g/mol. The molecule has 2 aromatic heterocycles. The predicted molar refractivity (Wildman–Crippen MR) is 121 cm³/mol. The molecule has 31 heavy (non-hydrogen) atoms. The van der Waals surface area contributed by atoms with Gasteiger partial charge in [0.05, 0.1) is 16.8 Å². The summed E-state index contributed by atoms with van der Waals surface area (Å²) in [5.74, 6) is 0.600.